The minimum Gasteiger partial charge on any atom is -0.443 e. The van der Waals surface area contributed by atoms with E-state index in [0.29, 0.717) is 11.3 Å². The van der Waals surface area contributed by atoms with Gasteiger partial charge in [-0.2, -0.15) is 0 Å². The van der Waals surface area contributed by atoms with Gasteiger partial charge in [0.1, 0.15) is 5.82 Å². The zero-order valence-electron chi connectivity index (χ0n) is 7.42. The van der Waals surface area contributed by atoms with E-state index in [2.05, 4.69) is 20.9 Å². The largest absolute Gasteiger partial charge is 0.443 e. The number of aromatic nitrogens is 1. The fourth-order valence-corrected chi connectivity index (χ4v) is 1.51. The third-order valence-electron chi connectivity index (χ3n) is 1.95. The molecular formula is C10H7BrFNO. The van der Waals surface area contributed by atoms with Crippen molar-refractivity contribution in [3.63, 3.8) is 0 Å². The number of hydrogen-bond acceptors (Lipinski definition) is 2. The molecule has 1 aromatic heterocycles. The van der Waals surface area contributed by atoms with Gasteiger partial charge in [-0.15, -0.1) is 0 Å². The molecule has 2 nitrogen and oxygen atoms in total. The Balaban J connectivity index is 2.60. The molecule has 0 amide bonds. The number of oxazole rings is 1. The maximum absolute atomic E-state index is 13.5. The summed E-state index contributed by atoms with van der Waals surface area (Å²) in [5.41, 5.74) is 1.39. The van der Waals surface area contributed by atoms with Gasteiger partial charge < -0.3 is 4.42 Å². The van der Waals surface area contributed by atoms with E-state index in [1.807, 2.05) is 6.92 Å². The van der Waals surface area contributed by atoms with Crippen molar-refractivity contribution < 1.29 is 8.81 Å². The predicted octanol–water partition coefficient (Wildman–Crippen LogP) is 3.55. The molecule has 0 saturated heterocycles. The summed E-state index contributed by atoms with van der Waals surface area (Å²) in [6.45, 7) is 1.89. The average Bonchev–Trinajstić information content (AvgIpc) is 2.64. The van der Waals surface area contributed by atoms with Crippen LogP contribution in [0.3, 0.4) is 0 Å². The van der Waals surface area contributed by atoms with Crippen molar-refractivity contribution in [2.24, 2.45) is 0 Å². The van der Waals surface area contributed by atoms with Crippen LogP contribution in [-0.4, -0.2) is 4.98 Å². The highest BCUT2D eigenvalue weighted by Gasteiger charge is 2.10. The lowest BCUT2D eigenvalue weighted by atomic mass is 10.1. The maximum Gasteiger partial charge on any atom is 0.181 e. The number of nitrogens with zero attached hydrogens (tertiary/aromatic N) is 1. The number of hydrogen-bond donors (Lipinski definition) is 0. The second-order valence-electron chi connectivity index (χ2n) is 2.95. The molecular weight excluding hydrogens is 249 g/mol. The van der Waals surface area contributed by atoms with E-state index in [1.54, 1.807) is 6.07 Å². The fourth-order valence-electron chi connectivity index (χ4n) is 1.19. The molecule has 2 rings (SSSR count). The molecule has 72 valence electrons. The van der Waals surface area contributed by atoms with Crippen molar-refractivity contribution in [2.75, 3.05) is 0 Å². The topological polar surface area (TPSA) is 26.0 Å². The highest BCUT2D eigenvalue weighted by molar-refractivity contribution is 9.10. The van der Waals surface area contributed by atoms with Crippen molar-refractivity contribution in [3.05, 3.63) is 40.6 Å². The van der Waals surface area contributed by atoms with Crippen LogP contribution in [0.2, 0.25) is 0 Å². The molecule has 0 unspecified atom stereocenters. The molecule has 0 atom stereocenters. The molecule has 0 saturated carbocycles. The van der Waals surface area contributed by atoms with E-state index in [4.69, 9.17) is 4.42 Å². The minimum absolute atomic E-state index is 0.320. The highest BCUT2D eigenvalue weighted by atomic mass is 79.9. The van der Waals surface area contributed by atoms with Crippen molar-refractivity contribution in [1.29, 1.82) is 0 Å². The fraction of sp³-hybridized carbons (Fsp3) is 0.100. The van der Waals surface area contributed by atoms with Crippen LogP contribution in [0.25, 0.3) is 11.3 Å². The van der Waals surface area contributed by atoms with Crippen LogP contribution in [0.4, 0.5) is 4.39 Å². The Morgan fingerprint density at radius 2 is 2.21 bits per heavy atom. The Kier molecular flexibility index (Phi) is 2.37. The molecule has 14 heavy (non-hydrogen) atoms. The summed E-state index contributed by atoms with van der Waals surface area (Å²) >= 11 is 3.26. The monoisotopic (exact) mass is 255 g/mol. The molecule has 4 heteroatoms. The molecule has 1 aromatic carbocycles. The number of halogens is 2. The summed E-state index contributed by atoms with van der Waals surface area (Å²) in [4.78, 5) is 3.75. The summed E-state index contributed by atoms with van der Waals surface area (Å²) in [6, 6.07) is 3.15. The lowest BCUT2D eigenvalue weighted by molar-refractivity contribution is 0.561. The van der Waals surface area contributed by atoms with Gasteiger partial charge in [0.2, 0.25) is 0 Å². The van der Waals surface area contributed by atoms with Crippen molar-refractivity contribution in [1.82, 2.24) is 4.98 Å². The maximum atomic E-state index is 13.5. The highest BCUT2D eigenvalue weighted by Crippen LogP contribution is 2.27. The molecule has 0 aliphatic rings. The first kappa shape index (κ1) is 9.40. The molecule has 0 radical (unpaired) electrons. The van der Waals surface area contributed by atoms with Crippen molar-refractivity contribution in [2.45, 2.75) is 6.92 Å². The second-order valence-corrected chi connectivity index (χ2v) is 3.80. The standard InChI is InChI=1S/C10H7BrFNO/c1-6-2-7(9(12)3-8(6)11)10-4-13-5-14-10/h2-5H,1H3. The SMILES string of the molecule is Cc1cc(-c2cnco2)c(F)cc1Br. The minimum atomic E-state index is -0.320. The third-order valence-corrected chi connectivity index (χ3v) is 2.80. The molecule has 0 spiro atoms. The van der Waals surface area contributed by atoms with E-state index in [0.717, 1.165) is 10.0 Å². The summed E-state index contributed by atoms with van der Waals surface area (Å²) in [5.74, 6) is 0.123. The Bertz CT molecular complexity index is 453. The van der Waals surface area contributed by atoms with Gasteiger partial charge in [-0.1, -0.05) is 15.9 Å². The Hall–Kier alpha value is -1.16. The van der Waals surface area contributed by atoms with Gasteiger partial charge in [0, 0.05) is 4.47 Å². The van der Waals surface area contributed by atoms with Gasteiger partial charge >= 0.3 is 0 Å². The lowest BCUT2D eigenvalue weighted by Gasteiger charge is -2.02. The van der Waals surface area contributed by atoms with Crippen LogP contribution >= 0.6 is 15.9 Å². The molecule has 0 N–H and O–H groups in total. The van der Waals surface area contributed by atoms with E-state index in [9.17, 15) is 4.39 Å². The summed E-state index contributed by atoms with van der Waals surface area (Å²) in [7, 11) is 0. The number of benzene rings is 1. The second kappa shape index (κ2) is 3.53. The molecule has 0 bridgehead atoms. The average molecular weight is 256 g/mol. The Labute approximate surface area is 88.9 Å². The zero-order valence-corrected chi connectivity index (χ0v) is 9.01. The summed E-state index contributed by atoms with van der Waals surface area (Å²) in [6.07, 6.45) is 2.78. The number of aryl methyl sites for hydroxylation is 1. The first-order valence-corrected chi connectivity index (χ1v) is 4.82. The molecule has 0 aliphatic heterocycles. The normalized spacial score (nSPS) is 10.5. The van der Waals surface area contributed by atoms with Gasteiger partial charge in [-0.05, 0) is 24.6 Å². The van der Waals surface area contributed by atoms with Crippen LogP contribution in [0.1, 0.15) is 5.56 Å². The van der Waals surface area contributed by atoms with E-state index in [-0.39, 0.29) is 5.82 Å². The van der Waals surface area contributed by atoms with Crippen LogP contribution in [-0.2, 0) is 0 Å². The summed E-state index contributed by atoms with van der Waals surface area (Å²) in [5, 5.41) is 0. The van der Waals surface area contributed by atoms with Gasteiger partial charge in [0.15, 0.2) is 12.2 Å². The lowest BCUT2D eigenvalue weighted by Crippen LogP contribution is -1.85. The van der Waals surface area contributed by atoms with Crippen LogP contribution in [0, 0.1) is 12.7 Å². The van der Waals surface area contributed by atoms with Crippen LogP contribution in [0.15, 0.2) is 33.6 Å². The van der Waals surface area contributed by atoms with Gasteiger partial charge in [0.05, 0.1) is 11.8 Å². The van der Waals surface area contributed by atoms with Crippen LogP contribution < -0.4 is 0 Å². The summed E-state index contributed by atoms with van der Waals surface area (Å²) < 4.78 is 19.3. The predicted molar refractivity (Wildman–Crippen MR) is 54.3 cm³/mol. The first-order chi connectivity index (χ1) is 6.68. The molecule has 1 heterocycles. The van der Waals surface area contributed by atoms with E-state index in [1.165, 1.54) is 18.7 Å². The van der Waals surface area contributed by atoms with Gasteiger partial charge in [0.25, 0.3) is 0 Å². The molecule has 2 aromatic rings. The van der Waals surface area contributed by atoms with E-state index < -0.39 is 0 Å². The third kappa shape index (κ3) is 1.57. The quantitative estimate of drug-likeness (QED) is 0.779. The smallest absolute Gasteiger partial charge is 0.181 e. The Morgan fingerprint density at radius 1 is 1.43 bits per heavy atom. The van der Waals surface area contributed by atoms with E-state index >= 15 is 0 Å². The first-order valence-electron chi connectivity index (χ1n) is 4.03. The zero-order chi connectivity index (χ0) is 10.1. The Morgan fingerprint density at radius 3 is 2.86 bits per heavy atom. The van der Waals surface area contributed by atoms with Crippen molar-refractivity contribution in [3.8, 4) is 11.3 Å². The number of rotatable bonds is 1. The molecule has 0 aliphatic carbocycles. The van der Waals surface area contributed by atoms with Gasteiger partial charge in [-0.3, -0.25) is 0 Å². The van der Waals surface area contributed by atoms with Gasteiger partial charge in [-0.25, -0.2) is 9.37 Å². The van der Waals surface area contributed by atoms with Crippen molar-refractivity contribution >= 4 is 15.9 Å². The molecule has 0 fully saturated rings. The van der Waals surface area contributed by atoms with Crippen LogP contribution in [0.5, 0.6) is 0 Å².